The standard InChI is InChI=1S/C12H22O4Si/c1-4-5-6-7-9(11(14)15)12(2,3)8-10(13)16-17/h7H,4-6,8H2,1-3,17H3,(H,14,15). The summed E-state index contributed by atoms with van der Waals surface area (Å²) in [4.78, 5) is 22.5. The summed E-state index contributed by atoms with van der Waals surface area (Å²) in [6, 6.07) is 0. The number of carbonyl (C=O) groups is 2. The molecule has 0 unspecified atom stereocenters. The Balaban J connectivity index is 4.84. The maximum atomic E-state index is 11.3. The molecule has 1 N–H and O–H groups in total. The summed E-state index contributed by atoms with van der Waals surface area (Å²) in [5.74, 6) is -1.28. The number of rotatable bonds is 7. The van der Waals surface area contributed by atoms with Crippen molar-refractivity contribution in [2.45, 2.75) is 46.5 Å². The van der Waals surface area contributed by atoms with Gasteiger partial charge in [-0.3, -0.25) is 4.79 Å². The molecule has 0 bridgehead atoms. The number of aliphatic carboxylic acids is 1. The fourth-order valence-corrected chi connectivity index (χ4v) is 1.78. The van der Waals surface area contributed by atoms with Gasteiger partial charge in [0.2, 0.25) is 10.5 Å². The van der Waals surface area contributed by atoms with E-state index in [1.54, 1.807) is 19.9 Å². The van der Waals surface area contributed by atoms with Crippen molar-refractivity contribution in [1.82, 2.24) is 0 Å². The van der Waals surface area contributed by atoms with E-state index in [2.05, 4.69) is 6.92 Å². The van der Waals surface area contributed by atoms with Crippen molar-refractivity contribution in [3.05, 3.63) is 11.6 Å². The van der Waals surface area contributed by atoms with Crippen molar-refractivity contribution in [3.8, 4) is 0 Å². The molecule has 98 valence electrons. The molecule has 0 spiro atoms. The monoisotopic (exact) mass is 258 g/mol. The highest BCUT2D eigenvalue weighted by Crippen LogP contribution is 2.31. The molecule has 0 heterocycles. The SMILES string of the molecule is CCCCC=C(C(=O)O)C(C)(C)CC(=O)O[SiH3]. The summed E-state index contributed by atoms with van der Waals surface area (Å²) in [7, 11) is 0.345. The number of allylic oxidation sites excluding steroid dienone is 1. The van der Waals surface area contributed by atoms with E-state index in [1.807, 2.05) is 0 Å². The second kappa shape index (κ2) is 7.27. The van der Waals surface area contributed by atoms with E-state index in [-0.39, 0.29) is 12.4 Å². The van der Waals surface area contributed by atoms with Crippen molar-refractivity contribution in [2.24, 2.45) is 5.41 Å². The lowest BCUT2D eigenvalue weighted by Gasteiger charge is -2.24. The lowest BCUT2D eigenvalue weighted by atomic mass is 9.80. The van der Waals surface area contributed by atoms with Gasteiger partial charge in [0.1, 0.15) is 0 Å². The average molecular weight is 258 g/mol. The Morgan fingerprint density at radius 3 is 2.41 bits per heavy atom. The van der Waals surface area contributed by atoms with Crippen LogP contribution >= 0.6 is 0 Å². The molecular weight excluding hydrogens is 236 g/mol. The third kappa shape index (κ3) is 5.67. The zero-order chi connectivity index (χ0) is 13.5. The first-order valence-electron chi connectivity index (χ1n) is 5.86. The van der Waals surface area contributed by atoms with E-state index in [0.717, 1.165) is 19.3 Å². The first kappa shape index (κ1) is 15.9. The Bertz CT molecular complexity index is 308. The predicted molar refractivity (Wildman–Crippen MR) is 69.7 cm³/mol. The number of carboxylic acids is 1. The average Bonchev–Trinajstić information content (AvgIpc) is 2.22. The van der Waals surface area contributed by atoms with Gasteiger partial charge in [0.25, 0.3) is 5.97 Å². The lowest BCUT2D eigenvalue weighted by molar-refractivity contribution is -0.137. The molecule has 4 nitrogen and oxygen atoms in total. The van der Waals surface area contributed by atoms with Crippen LogP contribution in [0.25, 0.3) is 0 Å². The van der Waals surface area contributed by atoms with E-state index in [4.69, 9.17) is 4.43 Å². The highest BCUT2D eigenvalue weighted by atomic mass is 28.2. The van der Waals surface area contributed by atoms with Crippen LogP contribution in [0.15, 0.2) is 11.6 Å². The van der Waals surface area contributed by atoms with Gasteiger partial charge in [-0.15, -0.1) is 0 Å². The molecule has 0 atom stereocenters. The molecule has 0 aromatic carbocycles. The molecule has 0 aromatic rings. The minimum Gasteiger partial charge on any atom is -0.529 e. The van der Waals surface area contributed by atoms with Crippen LogP contribution in [-0.2, 0) is 14.0 Å². The third-order valence-corrected chi connectivity index (χ3v) is 3.13. The highest BCUT2D eigenvalue weighted by molar-refractivity contribution is 6.05. The Labute approximate surface area is 106 Å². The first-order valence-corrected chi connectivity index (χ1v) is 6.67. The Hall–Kier alpha value is -1.10. The van der Waals surface area contributed by atoms with Crippen molar-refractivity contribution in [1.29, 1.82) is 0 Å². The van der Waals surface area contributed by atoms with Crippen LogP contribution in [0.3, 0.4) is 0 Å². The van der Waals surface area contributed by atoms with Crippen LogP contribution < -0.4 is 0 Å². The van der Waals surface area contributed by atoms with Gasteiger partial charge in [-0.05, 0) is 6.42 Å². The topological polar surface area (TPSA) is 63.6 Å². The number of hydrogen-bond donors (Lipinski definition) is 1. The first-order chi connectivity index (χ1) is 7.85. The summed E-state index contributed by atoms with van der Waals surface area (Å²) < 4.78 is 4.72. The van der Waals surface area contributed by atoms with Crippen LogP contribution in [0.1, 0.15) is 46.5 Å². The van der Waals surface area contributed by atoms with Crippen molar-refractivity contribution >= 4 is 22.4 Å². The molecule has 0 fully saturated rings. The molecule has 0 aliphatic carbocycles. The van der Waals surface area contributed by atoms with Crippen LogP contribution in [0.2, 0.25) is 0 Å². The van der Waals surface area contributed by atoms with Gasteiger partial charge in [0.05, 0.1) is 6.42 Å². The van der Waals surface area contributed by atoms with E-state index < -0.39 is 11.4 Å². The molecule has 0 aromatic heterocycles. The summed E-state index contributed by atoms with van der Waals surface area (Å²) in [5.41, 5.74) is -0.376. The van der Waals surface area contributed by atoms with Crippen molar-refractivity contribution in [3.63, 3.8) is 0 Å². The zero-order valence-corrected chi connectivity index (χ0v) is 13.1. The Morgan fingerprint density at radius 1 is 1.41 bits per heavy atom. The number of hydrogen-bond acceptors (Lipinski definition) is 3. The summed E-state index contributed by atoms with van der Waals surface area (Å²) in [6.07, 6.45) is 4.55. The number of carbonyl (C=O) groups excluding carboxylic acids is 1. The smallest absolute Gasteiger partial charge is 0.331 e. The van der Waals surface area contributed by atoms with Gasteiger partial charge in [0.15, 0.2) is 0 Å². The molecule has 0 amide bonds. The van der Waals surface area contributed by atoms with E-state index in [0.29, 0.717) is 16.1 Å². The van der Waals surface area contributed by atoms with E-state index >= 15 is 0 Å². The van der Waals surface area contributed by atoms with Gasteiger partial charge < -0.3 is 9.53 Å². The van der Waals surface area contributed by atoms with Gasteiger partial charge >= 0.3 is 5.97 Å². The van der Waals surface area contributed by atoms with Gasteiger partial charge in [-0.25, -0.2) is 4.79 Å². The molecule has 0 saturated carbocycles. The molecule has 5 heteroatoms. The van der Waals surface area contributed by atoms with Crippen molar-refractivity contribution in [2.75, 3.05) is 0 Å². The van der Waals surface area contributed by atoms with Gasteiger partial charge in [-0.1, -0.05) is 39.7 Å². The molecule has 0 saturated heterocycles. The maximum Gasteiger partial charge on any atom is 0.331 e. The minimum absolute atomic E-state index is 0.112. The zero-order valence-electron chi connectivity index (χ0n) is 11.1. The summed E-state index contributed by atoms with van der Waals surface area (Å²) in [5, 5.41) is 9.18. The highest BCUT2D eigenvalue weighted by Gasteiger charge is 2.31. The predicted octanol–water partition coefficient (Wildman–Crippen LogP) is 1.43. The molecular formula is C12H22O4Si. The van der Waals surface area contributed by atoms with Crippen molar-refractivity contribution < 1.29 is 19.1 Å². The third-order valence-electron chi connectivity index (χ3n) is 2.68. The number of carboxylic acid groups (broad SMARTS) is 1. The Morgan fingerprint density at radius 2 is 2.00 bits per heavy atom. The fourth-order valence-electron chi connectivity index (χ4n) is 1.63. The molecule has 0 rings (SSSR count). The molecule has 0 aliphatic rings. The fraction of sp³-hybridized carbons (Fsp3) is 0.667. The minimum atomic E-state index is -0.952. The van der Waals surface area contributed by atoms with Gasteiger partial charge in [0, 0.05) is 11.0 Å². The van der Waals surface area contributed by atoms with Gasteiger partial charge in [-0.2, -0.15) is 0 Å². The van der Waals surface area contributed by atoms with Crippen LogP contribution in [0.5, 0.6) is 0 Å². The second-order valence-corrected chi connectivity index (χ2v) is 5.11. The largest absolute Gasteiger partial charge is 0.529 e. The van der Waals surface area contributed by atoms with Crippen LogP contribution in [0, 0.1) is 5.41 Å². The number of unbranched alkanes of at least 4 members (excludes halogenated alkanes) is 2. The molecule has 0 aliphatic heterocycles. The van der Waals surface area contributed by atoms with Crippen LogP contribution in [0.4, 0.5) is 0 Å². The maximum absolute atomic E-state index is 11.3. The quantitative estimate of drug-likeness (QED) is 0.426. The Kier molecular flexibility index (Phi) is 6.80. The lowest BCUT2D eigenvalue weighted by Crippen LogP contribution is -2.25. The molecule has 0 radical (unpaired) electrons. The second-order valence-electron chi connectivity index (χ2n) is 4.70. The van der Waals surface area contributed by atoms with E-state index in [9.17, 15) is 14.7 Å². The van der Waals surface area contributed by atoms with E-state index in [1.165, 1.54) is 0 Å². The molecule has 17 heavy (non-hydrogen) atoms. The normalized spacial score (nSPS) is 12.5. The summed E-state index contributed by atoms with van der Waals surface area (Å²) >= 11 is 0. The summed E-state index contributed by atoms with van der Waals surface area (Å²) in [6.45, 7) is 5.58. The van der Waals surface area contributed by atoms with Crippen LogP contribution in [-0.4, -0.2) is 27.5 Å².